The Kier molecular flexibility index (Phi) is 7.15. The van der Waals surface area contributed by atoms with Gasteiger partial charge in [0.05, 0.1) is 4.47 Å². The predicted molar refractivity (Wildman–Crippen MR) is 117 cm³/mol. The van der Waals surface area contributed by atoms with Crippen LogP contribution in [0, 0.1) is 0 Å². The maximum absolute atomic E-state index is 12.1. The Labute approximate surface area is 176 Å². The molecule has 1 amide bonds. The number of amides is 1. The summed E-state index contributed by atoms with van der Waals surface area (Å²) >= 11 is 6.81. The molecule has 1 heterocycles. The third-order valence-corrected chi connectivity index (χ3v) is 5.70. The van der Waals surface area contributed by atoms with E-state index in [2.05, 4.69) is 66.0 Å². The van der Waals surface area contributed by atoms with Crippen molar-refractivity contribution in [3.63, 3.8) is 0 Å². The molecule has 0 atom stereocenters. The van der Waals surface area contributed by atoms with Crippen molar-refractivity contribution in [1.82, 2.24) is 4.90 Å². The monoisotopic (exact) mass is 495 g/mol. The highest BCUT2D eigenvalue weighted by atomic mass is 79.9. The van der Waals surface area contributed by atoms with E-state index >= 15 is 0 Å². The summed E-state index contributed by atoms with van der Waals surface area (Å²) in [5, 5.41) is 2.87. The lowest BCUT2D eigenvalue weighted by Crippen LogP contribution is -2.46. The lowest BCUT2D eigenvalue weighted by Gasteiger charge is -2.35. The molecule has 5 nitrogen and oxygen atoms in total. The predicted octanol–water partition coefficient (Wildman–Crippen LogP) is 4.37. The number of carbonyl (C=O) groups is 1. The van der Waals surface area contributed by atoms with Gasteiger partial charge in [0.1, 0.15) is 5.75 Å². The van der Waals surface area contributed by atoms with Gasteiger partial charge >= 0.3 is 0 Å². The van der Waals surface area contributed by atoms with E-state index < -0.39 is 0 Å². The topological polar surface area (TPSA) is 44.8 Å². The highest BCUT2D eigenvalue weighted by molar-refractivity contribution is 9.11. The van der Waals surface area contributed by atoms with E-state index in [1.165, 1.54) is 5.69 Å². The Bertz CT molecular complexity index is 775. The average Bonchev–Trinajstić information content (AvgIpc) is 2.68. The summed E-state index contributed by atoms with van der Waals surface area (Å²) in [7, 11) is 0. The highest BCUT2D eigenvalue weighted by Gasteiger charge is 2.15. The van der Waals surface area contributed by atoms with Crippen LogP contribution in [0.25, 0.3) is 0 Å². The number of rotatable bonds is 6. The van der Waals surface area contributed by atoms with Crippen molar-refractivity contribution < 1.29 is 9.53 Å². The average molecular weight is 497 g/mol. The number of halogens is 2. The molecular weight excluding hydrogens is 474 g/mol. The van der Waals surface area contributed by atoms with Crippen LogP contribution in [0.3, 0.4) is 0 Å². The lowest BCUT2D eigenvalue weighted by molar-refractivity contribution is -0.118. The van der Waals surface area contributed by atoms with E-state index in [0.717, 1.165) is 47.4 Å². The van der Waals surface area contributed by atoms with Gasteiger partial charge < -0.3 is 19.9 Å². The van der Waals surface area contributed by atoms with Crippen LogP contribution < -0.4 is 15.0 Å². The van der Waals surface area contributed by atoms with Gasteiger partial charge in [-0.05, 0) is 64.9 Å². The van der Waals surface area contributed by atoms with Gasteiger partial charge in [0.2, 0.25) is 0 Å². The minimum absolute atomic E-state index is 0.0407. The van der Waals surface area contributed by atoms with Crippen LogP contribution in [-0.4, -0.2) is 50.1 Å². The summed E-state index contributed by atoms with van der Waals surface area (Å²) in [6.45, 7) is 7.53. The summed E-state index contributed by atoms with van der Waals surface area (Å²) in [4.78, 5) is 17.0. The van der Waals surface area contributed by atoms with Crippen molar-refractivity contribution >= 4 is 49.1 Å². The van der Waals surface area contributed by atoms with Gasteiger partial charge in [0.25, 0.3) is 5.91 Å². The quantitative estimate of drug-likeness (QED) is 0.644. The largest absolute Gasteiger partial charge is 0.483 e. The minimum atomic E-state index is -0.186. The van der Waals surface area contributed by atoms with Crippen molar-refractivity contribution in [3.05, 3.63) is 51.4 Å². The van der Waals surface area contributed by atoms with Crippen LogP contribution in [0.1, 0.15) is 6.92 Å². The molecule has 27 heavy (non-hydrogen) atoms. The SMILES string of the molecule is CCN1CCN(c2ccc(NC(=O)COc3ccc(Br)cc3Br)cc2)CC1. The minimum Gasteiger partial charge on any atom is -0.483 e. The fraction of sp³-hybridized carbons (Fsp3) is 0.350. The maximum atomic E-state index is 12.1. The number of carbonyl (C=O) groups excluding carboxylic acids is 1. The number of ether oxygens (including phenoxy) is 1. The van der Waals surface area contributed by atoms with E-state index in [4.69, 9.17) is 4.74 Å². The molecule has 0 bridgehead atoms. The molecule has 0 unspecified atom stereocenters. The zero-order valence-corrected chi connectivity index (χ0v) is 18.4. The second kappa shape index (κ2) is 9.57. The summed E-state index contributed by atoms with van der Waals surface area (Å²) in [5.74, 6) is 0.448. The Morgan fingerprint density at radius 2 is 1.78 bits per heavy atom. The van der Waals surface area contributed by atoms with Gasteiger partial charge in [0.15, 0.2) is 6.61 Å². The summed E-state index contributed by atoms with van der Waals surface area (Å²) < 4.78 is 7.32. The van der Waals surface area contributed by atoms with Crippen molar-refractivity contribution in [2.75, 3.05) is 49.5 Å². The van der Waals surface area contributed by atoms with Crippen molar-refractivity contribution in [1.29, 1.82) is 0 Å². The first-order valence-corrected chi connectivity index (χ1v) is 10.6. The van der Waals surface area contributed by atoms with Gasteiger partial charge in [-0.25, -0.2) is 0 Å². The summed E-state index contributed by atoms with van der Waals surface area (Å²) in [6.07, 6.45) is 0. The van der Waals surface area contributed by atoms with Gasteiger partial charge in [-0.1, -0.05) is 22.9 Å². The Hall–Kier alpha value is -1.57. The number of piperazine rings is 1. The molecule has 7 heteroatoms. The second-order valence-electron chi connectivity index (χ2n) is 6.38. The molecule has 1 aliphatic rings. The first kappa shape index (κ1) is 20.2. The zero-order valence-electron chi connectivity index (χ0n) is 15.3. The molecule has 1 fully saturated rings. The summed E-state index contributed by atoms with van der Waals surface area (Å²) in [6, 6.07) is 13.6. The van der Waals surface area contributed by atoms with E-state index in [0.29, 0.717) is 5.75 Å². The van der Waals surface area contributed by atoms with E-state index in [1.807, 2.05) is 30.3 Å². The third-order valence-electron chi connectivity index (χ3n) is 4.59. The lowest BCUT2D eigenvalue weighted by atomic mass is 10.2. The number of nitrogens with zero attached hydrogens (tertiary/aromatic N) is 2. The normalized spacial score (nSPS) is 14.9. The smallest absolute Gasteiger partial charge is 0.262 e. The van der Waals surface area contributed by atoms with Crippen LogP contribution in [-0.2, 0) is 4.79 Å². The first-order valence-electron chi connectivity index (χ1n) is 9.00. The van der Waals surface area contributed by atoms with Crippen LogP contribution in [0.4, 0.5) is 11.4 Å². The molecule has 0 spiro atoms. The fourth-order valence-electron chi connectivity index (χ4n) is 3.01. The van der Waals surface area contributed by atoms with E-state index in [1.54, 1.807) is 0 Å². The molecule has 3 rings (SSSR count). The molecule has 2 aromatic carbocycles. The molecule has 144 valence electrons. The number of anilines is 2. The van der Waals surface area contributed by atoms with Crippen molar-refractivity contribution in [3.8, 4) is 5.75 Å². The van der Waals surface area contributed by atoms with Crippen LogP contribution in [0.2, 0.25) is 0 Å². The van der Waals surface area contributed by atoms with Crippen LogP contribution in [0.5, 0.6) is 5.75 Å². The molecule has 0 saturated carbocycles. The zero-order chi connectivity index (χ0) is 19.2. The fourth-order valence-corrected chi connectivity index (χ4v) is 4.17. The molecular formula is C20H23Br2N3O2. The number of nitrogens with one attached hydrogen (secondary N) is 1. The maximum Gasteiger partial charge on any atom is 0.262 e. The molecule has 1 aliphatic heterocycles. The second-order valence-corrected chi connectivity index (χ2v) is 8.15. The number of benzene rings is 2. The third kappa shape index (κ3) is 5.70. The molecule has 1 N–H and O–H groups in total. The Balaban J connectivity index is 1.50. The number of hydrogen-bond acceptors (Lipinski definition) is 4. The van der Waals surface area contributed by atoms with Crippen LogP contribution in [0.15, 0.2) is 51.4 Å². The molecule has 1 saturated heterocycles. The molecule has 0 aliphatic carbocycles. The van der Waals surface area contributed by atoms with E-state index in [-0.39, 0.29) is 12.5 Å². The molecule has 0 radical (unpaired) electrons. The van der Waals surface area contributed by atoms with Gasteiger partial charge in [-0.2, -0.15) is 0 Å². The van der Waals surface area contributed by atoms with Gasteiger partial charge in [-0.15, -0.1) is 0 Å². The Morgan fingerprint density at radius 1 is 1.07 bits per heavy atom. The Morgan fingerprint density at radius 3 is 2.41 bits per heavy atom. The molecule has 0 aromatic heterocycles. The highest BCUT2D eigenvalue weighted by Crippen LogP contribution is 2.28. The van der Waals surface area contributed by atoms with E-state index in [9.17, 15) is 4.79 Å². The first-order chi connectivity index (χ1) is 13.0. The summed E-state index contributed by atoms with van der Waals surface area (Å²) in [5.41, 5.74) is 1.97. The van der Waals surface area contributed by atoms with Crippen molar-refractivity contribution in [2.45, 2.75) is 6.92 Å². The number of likely N-dealkylation sites (N-methyl/N-ethyl adjacent to an activating group) is 1. The standard InChI is InChI=1S/C20H23Br2N3O2/c1-2-24-9-11-25(12-10-24)17-6-4-16(5-7-17)23-20(26)14-27-19-8-3-15(21)13-18(19)22/h3-8,13H,2,9-12,14H2,1H3,(H,23,26). The number of hydrogen-bond donors (Lipinski definition) is 1. The van der Waals surface area contributed by atoms with Crippen molar-refractivity contribution in [2.24, 2.45) is 0 Å². The van der Waals surface area contributed by atoms with Gasteiger partial charge in [-0.3, -0.25) is 4.79 Å². The van der Waals surface area contributed by atoms with Crippen LogP contribution >= 0.6 is 31.9 Å². The van der Waals surface area contributed by atoms with Gasteiger partial charge in [0, 0.05) is 42.0 Å². The molecule has 2 aromatic rings.